The SMILES string of the molecule is C[C@]12C=CC(=O)C=C1[C@@H](F)C[C@H]1[C@@H]3C[C@H]4O[C@@H](c5cc6c(s5)CCCC6)O[C@@]4(C(=O)CO)[C@@]3(C)C[C@H](O)[C@@]12F. The average molecular weight is 561 g/mol. The first-order chi connectivity index (χ1) is 18.5. The van der Waals surface area contributed by atoms with E-state index in [0.29, 0.717) is 0 Å². The molecule has 0 amide bonds. The number of allylic oxidation sites excluding steroid dienone is 4. The van der Waals surface area contributed by atoms with Gasteiger partial charge < -0.3 is 19.7 Å². The van der Waals surface area contributed by atoms with Gasteiger partial charge in [0.15, 0.2) is 29.1 Å². The highest BCUT2D eigenvalue weighted by molar-refractivity contribution is 7.12. The lowest BCUT2D eigenvalue weighted by Crippen LogP contribution is -2.70. The number of alkyl halides is 2. The number of aliphatic hydroxyl groups excluding tert-OH is 2. The molecule has 4 fully saturated rings. The quantitative estimate of drug-likeness (QED) is 0.574. The number of halogens is 2. The molecule has 2 N–H and O–H groups in total. The number of aryl methyl sites for hydroxylation is 2. The Morgan fingerprint density at radius 3 is 2.72 bits per heavy atom. The second kappa shape index (κ2) is 8.38. The van der Waals surface area contributed by atoms with Crippen LogP contribution in [0, 0.1) is 22.7 Å². The Balaban J connectivity index is 1.30. The van der Waals surface area contributed by atoms with Gasteiger partial charge in [-0.05, 0) is 87.1 Å². The van der Waals surface area contributed by atoms with Crippen LogP contribution in [0.4, 0.5) is 8.78 Å². The van der Waals surface area contributed by atoms with Gasteiger partial charge in [-0.25, -0.2) is 8.78 Å². The molecule has 9 heteroatoms. The van der Waals surface area contributed by atoms with Crippen LogP contribution in [0.5, 0.6) is 0 Å². The lowest BCUT2D eigenvalue weighted by Gasteiger charge is -2.63. The fourth-order valence-electron chi connectivity index (χ4n) is 9.32. The molecule has 2 heterocycles. The number of carbonyl (C=O) groups excluding carboxylic acids is 2. The molecule has 5 aliphatic carbocycles. The van der Waals surface area contributed by atoms with Crippen LogP contribution in [0.1, 0.15) is 67.6 Å². The lowest BCUT2D eigenvalue weighted by atomic mass is 9.44. The lowest BCUT2D eigenvalue weighted by molar-refractivity contribution is -0.234. The van der Waals surface area contributed by atoms with E-state index in [1.807, 2.05) is 0 Å². The zero-order valence-corrected chi connectivity index (χ0v) is 22.9. The van der Waals surface area contributed by atoms with E-state index in [9.17, 15) is 19.8 Å². The fraction of sp³-hybridized carbons (Fsp3) is 0.667. The number of rotatable bonds is 3. The Hall–Kier alpha value is -1.78. The number of ether oxygens (including phenoxy) is 2. The molecule has 0 spiro atoms. The van der Waals surface area contributed by atoms with Crippen molar-refractivity contribution in [3.8, 4) is 0 Å². The van der Waals surface area contributed by atoms with Gasteiger partial charge in [-0.2, -0.15) is 0 Å². The number of carbonyl (C=O) groups is 2. The van der Waals surface area contributed by atoms with Gasteiger partial charge in [0.25, 0.3) is 0 Å². The maximum absolute atomic E-state index is 17.5. The number of Topliss-reactive ketones (excluding diaryl/α,β-unsaturated/α-hetero) is 1. The minimum absolute atomic E-state index is 0.0602. The molecule has 39 heavy (non-hydrogen) atoms. The number of aliphatic hydroxyl groups is 2. The van der Waals surface area contributed by atoms with Crippen LogP contribution >= 0.6 is 11.3 Å². The molecule has 10 atom stereocenters. The van der Waals surface area contributed by atoms with Crippen LogP contribution in [0.3, 0.4) is 0 Å². The van der Waals surface area contributed by atoms with E-state index in [4.69, 9.17) is 9.47 Å². The summed E-state index contributed by atoms with van der Waals surface area (Å²) in [5, 5.41) is 21.7. The van der Waals surface area contributed by atoms with Crippen LogP contribution in [-0.2, 0) is 31.9 Å². The third kappa shape index (κ3) is 3.09. The summed E-state index contributed by atoms with van der Waals surface area (Å²) in [6, 6.07) is 2.09. The zero-order chi connectivity index (χ0) is 27.5. The van der Waals surface area contributed by atoms with E-state index in [-0.39, 0.29) is 24.8 Å². The monoisotopic (exact) mass is 560 g/mol. The molecule has 1 saturated heterocycles. The number of hydrogen-bond donors (Lipinski definition) is 2. The third-order valence-corrected chi connectivity index (χ3v) is 12.4. The molecule has 1 aromatic rings. The summed E-state index contributed by atoms with van der Waals surface area (Å²) in [5.41, 5.74) is -5.11. The molecule has 6 aliphatic rings. The molecule has 7 rings (SSSR count). The molecular weight excluding hydrogens is 526 g/mol. The fourth-order valence-corrected chi connectivity index (χ4v) is 10.5. The minimum Gasteiger partial charge on any atom is -0.390 e. The van der Waals surface area contributed by atoms with Crippen molar-refractivity contribution in [3.05, 3.63) is 45.2 Å². The normalized spacial score (nSPS) is 48.1. The standard InChI is InChI=1S/C30H34F2O6S/c1-27-8-7-16(34)10-19(27)20(31)11-18-17-12-25-30(24(36)14-33,28(17,2)13-23(35)29(18,27)32)38-26(37-25)22-9-15-5-3-4-6-21(15)39-22/h7-10,17-18,20,23,25-26,33,35H,3-6,11-14H2,1-2H3/t17-,18-,20-,23-,25+,26+,27-,28-,29-,30+/m0/s1. The van der Waals surface area contributed by atoms with Crippen molar-refractivity contribution in [1.82, 2.24) is 0 Å². The van der Waals surface area contributed by atoms with Crippen LogP contribution in [0.15, 0.2) is 29.9 Å². The van der Waals surface area contributed by atoms with Crippen LogP contribution < -0.4 is 0 Å². The smallest absolute Gasteiger partial charge is 0.194 e. The number of thiophene rings is 1. The van der Waals surface area contributed by atoms with Crippen molar-refractivity contribution in [3.63, 3.8) is 0 Å². The van der Waals surface area contributed by atoms with Crippen LogP contribution in [0.25, 0.3) is 0 Å². The maximum Gasteiger partial charge on any atom is 0.194 e. The highest BCUT2D eigenvalue weighted by Crippen LogP contribution is 2.72. The predicted octanol–water partition coefficient (Wildman–Crippen LogP) is 4.27. The molecule has 0 radical (unpaired) electrons. The molecule has 1 aromatic heterocycles. The Morgan fingerprint density at radius 1 is 1.21 bits per heavy atom. The second-order valence-electron chi connectivity index (χ2n) is 12.8. The molecule has 6 nitrogen and oxygen atoms in total. The summed E-state index contributed by atoms with van der Waals surface area (Å²) < 4.78 is 46.2. The number of fused-ring (bicyclic) bond motifs is 8. The molecule has 210 valence electrons. The van der Waals surface area contributed by atoms with E-state index in [0.717, 1.165) is 30.6 Å². The van der Waals surface area contributed by atoms with Gasteiger partial charge in [0.1, 0.15) is 12.8 Å². The summed E-state index contributed by atoms with van der Waals surface area (Å²) in [6.45, 7) is 2.58. The van der Waals surface area contributed by atoms with Gasteiger partial charge in [-0.15, -0.1) is 11.3 Å². The topological polar surface area (TPSA) is 93.1 Å². The van der Waals surface area contributed by atoms with Crippen LogP contribution in [0.2, 0.25) is 0 Å². The van der Waals surface area contributed by atoms with E-state index in [1.54, 1.807) is 25.2 Å². The summed E-state index contributed by atoms with van der Waals surface area (Å²) in [4.78, 5) is 27.9. The average Bonchev–Trinajstić information content (AvgIpc) is 3.57. The Labute approximate surface area is 230 Å². The minimum atomic E-state index is -2.25. The van der Waals surface area contributed by atoms with Crippen molar-refractivity contribution < 1.29 is 38.1 Å². The second-order valence-corrected chi connectivity index (χ2v) is 14.0. The Morgan fingerprint density at radius 2 is 1.97 bits per heavy atom. The largest absolute Gasteiger partial charge is 0.390 e. The molecule has 3 saturated carbocycles. The van der Waals surface area contributed by atoms with Gasteiger partial charge in [0.2, 0.25) is 0 Å². The van der Waals surface area contributed by atoms with Gasteiger partial charge in [0, 0.05) is 21.6 Å². The third-order valence-electron chi connectivity index (χ3n) is 11.2. The van der Waals surface area contributed by atoms with E-state index in [1.165, 1.54) is 28.7 Å². The first-order valence-corrected chi connectivity index (χ1v) is 14.9. The highest BCUT2D eigenvalue weighted by Gasteiger charge is 2.80. The Bertz CT molecular complexity index is 1300. The molecule has 0 bridgehead atoms. The van der Waals surface area contributed by atoms with Crippen LogP contribution in [-0.4, -0.2) is 58.0 Å². The summed E-state index contributed by atoms with van der Waals surface area (Å²) >= 11 is 1.62. The number of ketones is 2. The molecule has 0 unspecified atom stereocenters. The van der Waals surface area contributed by atoms with Gasteiger partial charge >= 0.3 is 0 Å². The summed E-state index contributed by atoms with van der Waals surface area (Å²) in [5.74, 6) is -2.45. The van der Waals surface area contributed by atoms with Crippen molar-refractivity contribution in [1.29, 1.82) is 0 Å². The summed E-state index contributed by atoms with van der Waals surface area (Å²) in [6.07, 6.45) is 3.31. The predicted molar refractivity (Wildman–Crippen MR) is 139 cm³/mol. The molecule has 0 aromatic carbocycles. The zero-order valence-electron chi connectivity index (χ0n) is 22.1. The summed E-state index contributed by atoms with van der Waals surface area (Å²) in [7, 11) is 0. The van der Waals surface area contributed by atoms with Crippen molar-refractivity contribution in [2.24, 2.45) is 22.7 Å². The van der Waals surface area contributed by atoms with Crippen molar-refractivity contribution >= 4 is 22.9 Å². The first kappa shape index (κ1) is 26.1. The van der Waals surface area contributed by atoms with E-state index < -0.39 is 76.8 Å². The Kier molecular flexibility index (Phi) is 5.62. The molecular formula is C30H34F2O6S. The van der Waals surface area contributed by atoms with Crippen molar-refractivity contribution in [2.45, 2.75) is 94.7 Å². The van der Waals surface area contributed by atoms with Gasteiger partial charge in [0.05, 0.1) is 17.1 Å². The highest BCUT2D eigenvalue weighted by atomic mass is 32.1. The first-order valence-electron chi connectivity index (χ1n) is 14.0. The van der Waals surface area contributed by atoms with E-state index in [2.05, 4.69) is 6.07 Å². The van der Waals surface area contributed by atoms with E-state index >= 15 is 8.78 Å². The van der Waals surface area contributed by atoms with Gasteiger partial charge in [-0.1, -0.05) is 13.0 Å². The maximum atomic E-state index is 17.5. The van der Waals surface area contributed by atoms with Crippen molar-refractivity contribution in [2.75, 3.05) is 6.61 Å². The molecule has 1 aliphatic heterocycles. The number of hydrogen-bond acceptors (Lipinski definition) is 7. The van der Waals surface area contributed by atoms with Gasteiger partial charge in [-0.3, -0.25) is 9.59 Å².